The Balaban J connectivity index is 2.35. The van der Waals surface area contributed by atoms with Crippen LogP contribution in [0.25, 0.3) is 0 Å². The van der Waals surface area contributed by atoms with Crippen LogP contribution in [-0.4, -0.2) is 24.8 Å². The molecule has 0 atom stereocenters. The van der Waals surface area contributed by atoms with Crippen molar-refractivity contribution >= 4 is 35.0 Å². The number of nitrogens with zero attached hydrogens (tertiary/aromatic N) is 2. The molecule has 122 valence electrons. The normalized spacial score (nSPS) is 11.0. The van der Waals surface area contributed by atoms with E-state index in [1.807, 2.05) is 31.9 Å². The smallest absolute Gasteiger partial charge is 0.149 e. The first-order valence-electron chi connectivity index (χ1n) is 7.17. The third-order valence-electron chi connectivity index (χ3n) is 3.29. The summed E-state index contributed by atoms with van der Waals surface area (Å²) >= 11 is 6.35. The van der Waals surface area contributed by atoms with Crippen LogP contribution in [0.3, 0.4) is 0 Å². The van der Waals surface area contributed by atoms with Gasteiger partial charge in [-0.2, -0.15) is 0 Å². The molecule has 0 amide bonds. The summed E-state index contributed by atoms with van der Waals surface area (Å²) in [7, 11) is 1.90. The first-order valence-corrected chi connectivity index (χ1v) is 7.55. The van der Waals surface area contributed by atoms with Gasteiger partial charge in [0.25, 0.3) is 0 Å². The third-order valence-corrected chi connectivity index (χ3v) is 3.69. The van der Waals surface area contributed by atoms with Gasteiger partial charge in [0.1, 0.15) is 11.6 Å². The van der Waals surface area contributed by atoms with Gasteiger partial charge in [0.15, 0.2) is 0 Å². The van der Waals surface area contributed by atoms with E-state index < -0.39 is 11.6 Å². The van der Waals surface area contributed by atoms with E-state index in [2.05, 4.69) is 10.3 Å². The van der Waals surface area contributed by atoms with Crippen molar-refractivity contribution in [3.8, 4) is 0 Å². The number of aliphatic imine (C=N–C) groups is 1. The van der Waals surface area contributed by atoms with Crippen LogP contribution in [0.15, 0.2) is 35.3 Å². The molecule has 23 heavy (non-hydrogen) atoms. The summed E-state index contributed by atoms with van der Waals surface area (Å²) in [6.07, 6.45) is 1.68. The highest BCUT2D eigenvalue weighted by atomic mass is 35.5. The fourth-order valence-corrected chi connectivity index (χ4v) is 2.12. The molecule has 0 radical (unpaired) electrons. The van der Waals surface area contributed by atoms with E-state index in [0.29, 0.717) is 16.4 Å². The maximum Gasteiger partial charge on any atom is 0.149 e. The van der Waals surface area contributed by atoms with Crippen LogP contribution in [0.4, 0.5) is 25.8 Å². The summed E-state index contributed by atoms with van der Waals surface area (Å²) in [4.78, 5) is 6.26. The standard InChI is InChI=1S/C17H18ClF2N3/c1-4-23(3)10-21-15-7-11(2)8-16(17(15)18)22-14-6-5-12(19)9-13(14)20/h5-10,22H,4H2,1-3H3/b21-10-. The Kier molecular flexibility index (Phi) is 5.55. The summed E-state index contributed by atoms with van der Waals surface area (Å²) in [6.45, 7) is 4.72. The van der Waals surface area contributed by atoms with Gasteiger partial charge >= 0.3 is 0 Å². The first kappa shape index (κ1) is 17.2. The molecule has 0 heterocycles. The van der Waals surface area contributed by atoms with Crippen molar-refractivity contribution < 1.29 is 8.78 Å². The average molecular weight is 338 g/mol. The minimum atomic E-state index is -0.682. The summed E-state index contributed by atoms with van der Waals surface area (Å²) in [5.74, 6) is -1.31. The van der Waals surface area contributed by atoms with Gasteiger partial charge in [0, 0.05) is 19.7 Å². The Bertz CT molecular complexity index is 732. The topological polar surface area (TPSA) is 27.6 Å². The molecule has 2 aromatic rings. The SMILES string of the molecule is CCN(C)/C=N\c1cc(C)cc(Nc2ccc(F)cc2F)c1Cl. The summed E-state index contributed by atoms with van der Waals surface area (Å²) in [6, 6.07) is 6.96. The second-order valence-corrected chi connectivity index (χ2v) is 5.59. The number of hydrogen-bond acceptors (Lipinski definition) is 2. The van der Waals surface area contributed by atoms with Crippen LogP contribution in [0.1, 0.15) is 12.5 Å². The van der Waals surface area contributed by atoms with Crippen molar-refractivity contribution in [2.75, 3.05) is 18.9 Å². The van der Waals surface area contributed by atoms with Crippen LogP contribution in [0.5, 0.6) is 0 Å². The summed E-state index contributed by atoms with van der Waals surface area (Å²) in [5.41, 5.74) is 2.17. The molecule has 0 fully saturated rings. The number of anilines is 2. The van der Waals surface area contributed by atoms with E-state index in [1.54, 1.807) is 12.4 Å². The quantitative estimate of drug-likeness (QED) is 0.593. The largest absolute Gasteiger partial charge is 0.366 e. The van der Waals surface area contributed by atoms with E-state index >= 15 is 0 Å². The van der Waals surface area contributed by atoms with E-state index in [1.165, 1.54) is 12.1 Å². The van der Waals surface area contributed by atoms with Crippen molar-refractivity contribution in [1.82, 2.24) is 4.90 Å². The maximum absolute atomic E-state index is 13.8. The van der Waals surface area contributed by atoms with Gasteiger partial charge in [0.2, 0.25) is 0 Å². The first-order chi connectivity index (χ1) is 10.9. The predicted octanol–water partition coefficient (Wildman–Crippen LogP) is 5.28. The minimum absolute atomic E-state index is 0.152. The van der Waals surface area contributed by atoms with E-state index in [-0.39, 0.29) is 5.69 Å². The monoisotopic (exact) mass is 337 g/mol. The van der Waals surface area contributed by atoms with E-state index in [0.717, 1.165) is 18.2 Å². The fraction of sp³-hybridized carbons (Fsp3) is 0.235. The highest BCUT2D eigenvalue weighted by Gasteiger charge is 2.10. The molecule has 0 unspecified atom stereocenters. The van der Waals surface area contributed by atoms with Gasteiger partial charge in [0.05, 0.1) is 28.4 Å². The summed E-state index contributed by atoms with van der Waals surface area (Å²) < 4.78 is 26.8. The van der Waals surface area contributed by atoms with Gasteiger partial charge in [-0.25, -0.2) is 13.8 Å². The molecule has 1 N–H and O–H groups in total. The van der Waals surface area contributed by atoms with Crippen LogP contribution >= 0.6 is 11.6 Å². The fourth-order valence-electron chi connectivity index (χ4n) is 1.91. The van der Waals surface area contributed by atoms with Gasteiger partial charge in [-0.3, -0.25) is 0 Å². The lowest BCUT2D eigenvalue weighted by molar-refractivity contribution is 0.552. The Morgan fingerprint density at radius 1 is 1.22 bits per heavy atom. The zero-order valence-corrected chi connectivity index (χ0v) is 14.0. The molecule has 0 saturated carbocycles. The lowest BCUT2D eigenvalue weighted by atomic mass is 10.2. The van der Waals surface area contributed by atoms with Crippen LogP contribution in [0.2, 0.25) is 5.02 Å². The molecular formula is C17H18ClF2N3. The molecule has 0 saturated heterocycles. The lowest BCUT2D eigenvalue weighted by Crippen LogP contribution is -2.14. The summed E-state index contributed by atoms with van der Waals surface area (Å²) in [5, 5.41) is 3.26. The molecule has 0 spiro atoms. The Morgan fingerprint density at radius 2 is 1.96 bits per heavy atom. The molecule has 2 aromatic carbocycles. The molecular weight excluding hydrogens is 320 g/mol. The van der Waals surface area contributed by atoms with Crippen molar-refractivity contribution in [2.45, 2.75) is 13.8 Å². The average Bonchev–Trinajstić information content (AvgIpc) is 2.51. The molecule has 2 rings (SSSR count). The predicted molar refractivity (Wildman–Crippen MR) is 92.3 cm³/mol. The van der Waals surface area contributed by atoms with Crippen LogP contribution in [-0.2, 0) is 0 Å². The third kappa shape index (κ3) is 4.42. The number of aryl methyl sites for hydroxylation is 1. The second kappa shape index (κ2) is 7.42. The second-order valence-electron chi connectivity index (χ2n) is 5.21. The van der Waals surface area contributed by atoms with Gasteiger partial charge in [-0.05, 0) is 43.7 Å². The number of hydrogen-bond donors (Lipinski definition) is 1. The molecule has 0 aliphatic carbocycles. The molecule has 3 nitrogen and oxygen atoms in total. The maximum atomic E-state index is 13.8. The van der Waals surface area contributed by atoms with Crippen LogP contribution in [0, 0.1) is 18.6 Å². The van der Waals surface area contributed by atoms with Crippen molar-refractivity contribution in [3.63, 3.8) is 0 Å². The Morgan fingerprint density at radius 3 is 2.61 bits per heavy atom. The number of nitrogens with one attached hydrogen (secondary N) is 1. The molecule has 6 heteroatoms. The number of benzene rings is 2. The van der Waals surface area contributed by atoms with Gasteiger partial charge in [-0.15, -0.1) is 0 Å². The van der Waals surface area contributed by atoms with Gasteiger partial charge in [-0.1, -0.05) is 11.6 Å². The van der Waals surface area contributed by atoms with Crippen molar-refractivity contribution in [3.05, 3.63) is 52.6 Å². The molecule has 0 aliphatic rings. The highest BCUT2D eigenvalue weighted by molar-refractivity contribution is 6.36. The van der Waals surface area contributed by atoms with Gasteiger partial charge < -0.3 is 10.2 Å². The Labute approximate surface area is 139 Å². The molecule has 0 aliphatic heterocycles. The minimum Gasteiger partial charge on any atom is -0.366 e. The van der Waals surface area contributed by atoms with E-state index in [9.17, 15) is 8.78 Å². The number of halogens is 3. The van der Waals surface area contributed by atoms with Crippen LogP contribution < -0.4 is 5.32 Å². The molecule has 0 bridgehead atoms. The van der Waals surface area contributed by atoms with Crippen molar-refractivity contribution in [2.24, 2.45) is 4.99 Å². The lowest BCUT2D eigenvalue weighted by Gasteiger charge is -2.13. The molecule has 0 aromatic heterocycles. The zero-order valence-electron chi connectivity index (χ0n) is 13.2. The zero-order chi connectivity index (χ0) is 17.0. The highest BCUT2D eigenvalue weighted by Crippen LogP contribution is 2.36. The number of rotatable bonds is 5. The van der Waals surface area contributed by atoms with E-state index in [4.69, 9.17) is 11.6 Å². The Hall–Kier alpha value is -2.14. The van der Waals surface area contributed by atoms with Crippen molar-refractivity contribution in [1.29, 1.82) is 0 Å².